The van der Waals surface area contributed by atoms with Gasteiger partial charge in [0, 0.05) is 16.6 Å². The number of hydrogen-bond acceptors (Lipinski definition) is 3. The van der Waals surface area contributed by atoms with Gasteiger partial charge in [0.1, 0.15) is 0 Å². The van der Waals surface area contributed by atoms with E-state index in [1.165, 1.54) is 30.6 Å². The van der Waals surface area contributed by atoms with Crippen LogP contribution in [0.25, 0.3) is 0 Å². The molecular weight excluding hydrogens is 268 g/mol. The number of rotatable bonds is 2. The molecule has 3 nitrogen and oxygen atoms in total. The molecule has 1 aromatic rings. The number of anilines is 2. The topological polar surface area (TPSA) is 41.1 Å². The Kier molecular flexibility index (Phi) is 3.67. The first-order valence-electron chi connectivity index (χ1n) is 7.35. The highest BCUT2D eigenvalue weighted by Gasteiger charge is 2.28. The van der Waals surface area contributed by atoms with E-state index in [4.69, 9.17) is 0 Å². The van der Waals surface area contributed by atoms with Crippen molar-refractivity contribution in [2.75, 3.05) is 16.4 Å². The van der Waals surface area contributed by atoms with Crippen LogP contribution >= 0.6 is 11.8 Å². The molecule has 0 saturated heterocycles. The zero-order valence-corrected chi connectivity index (χ0v) is 13.0. The lowest BCUT2D eigenvalue weighted by atomic mass is 9.75. The van der Waals surface area contributed by atoms with Crippen LogP contribution in [0.15, 0.2) is 23.1 Å². The number of nitrogens with one attached hydrogen (secondary N) is 2. The fourth-order valence-electron chi connectivity index (χ4n) is 3.23. The minimum atomic E-state index is 0.0958. The van der Waals surface area contributed by atoms with E-state index in [1.807, 2.05) is 0 Å². The molecule has 4 heteroatoms. The standard InChI is InChI=1S/C16H22N2OS/c1-16(2)7-3-4-12(9-16)17-11-5-6-14-13(8-11)18-15(19)10-20-14/h5-6,8,12,17H,3-4,7,9-10H2,1-2H3,(H,18,19). The molecule has 1 aromatic carbocycles. The van der Waals surface area contributed by atoms with Crippen molar-refractivity contribution in [3.63, 3.8) is 0 Å². The van der Waals surface area contributed by atoms with Crippen LogP contribution in [0.2, 0.25) is 0 Å². The van der Waals surface area contributed by atoms with Crippen molar-refractivity contribution in [3.05, 3.63) is 18.2 Å². The minimum absolute atomic E-state index is 0.0958. The summed E-state index contributed by atoms with van der Waals surface area (Å²) in [6.45, 7) is 4.70. The van der Waals surface area contributed by atoms with Crippen LogP contribution in [0.4, 0.5) is 11.4 Å². The third kappa shape index (κ3) is 3.11. The normalized spacial score (nSPS) is 24.7. The number of carbonyl (C=O) groups excluding carboxylic acids is 1. The van der Waals surface area contributed by atoms with E-state index in [1.54, 1.807) is 11.8 Å². The largest absolute Gasteiger partial charge is 0.382 e. The molecule has 1 aliphatic carbocycles. The summed E-state index contributed by atoms with van der Waals surface area (Å²) in [7, 11) is 0. The molecule has 20 heavy (non-hydrogen) atoms. The lowest BCUT2D eigenvalue weighted by Gasteiger charge is -2.36. The first-order valence-corrected chi connectivity index (χ1v) is 8.34. The van der Waals surface area contributed by atoms with Crippen LogP contribution in [0.3, 0.4) is 0 Å². The zero-order chi connectivity index (χ0) is 14.2. The predicted octanol–water partition coefficient (Wildman–Crippen LogP) is 4.11. The van der Waals surface area contributed by atoms with Crippen molar-refractivity contribution < 1.29 is 4.79 Å². The van der Waals surface area contributed by atoms with Gasteiger partial charge in [0.15, 0.2) is 0 Å². The second-order valence-electron chi connectivity index (χ2n) is 6.65. The van der Waals surface area contributed by atoms with Crippen LogP contribution in [-0.4, -0.2) is 17.7 Å². The first kappa shape index (κ1) is 13.8. The number of hydrogen-bond donors (Lipinski definition) is 2. The van der Waals surface area contributed by atoms with E-state index in [9.17, 15) is 4.79 Å². The lowest BCUT2D eigenvalue weighted by Crippen LogP contribution is -2.31. The quantitative estimate of drug-likeness (QED) is 0.861. The molecule has 1 atom stereocenters. The summed E-state index contributed by atoms with van der Waals surface area (Å²) in [6.07, 6.45) is 5.07. The van der Waals surface area contributed by atoms with Crippen molar-refractivity contribution in [2.24, 2.45) is 5.41 Å². The van der Waals surface area contributed by atoms with E-state index < -0.39 is 0 Å². The maximum absolute atomic E-state index is 11.5. The van der Waals surface area contributed by atoms with E-state index in [0.717, 1.165) is 11.4 Å². The Morgan fingerprint density at radius 1 is 1.40 bits per heavy atom. The van der Waals surface area contributed by atoms with E-state index in [2.05, 4.69) is 42.7 Å². The summed E-state index contributed by atoms with van der Waals surface area (Å²) in [4.78, 5) is 12.6. The van der Waals surface area contributed by atoms with Crippen molar-refractivity contribution in [1.29, 1.82) is 0 Å². The predicted molar refractivity (Wildman–Crippen MR) is 85.5 cm³/mol. The molecule has 108 valence electrons. The summed E-state index contributed by atoms with van der Waals surface area (Å²) in [5, 5.41) is 6.59. The van der Waals surface area contributed by atoms with Crippen molar-refractivity contribution in [2.45, 2.75) is 50.5 Å². The highest BCUT2D eigenvalue weighted by Crippen LogP contribution is 2.38. The number of benzene rings is 1. The van der Waals surface area contributed by atoms with Gasteiger partial charge in [0.25, 0.3) is 0 Å². The van der Waals surface area contributed by atoms with Gasteiger partial charge in [-0.25, -0.2) is 0 Å². The van der Waals surface area contributed by atoms with Gasteiger partial charge in [-0.1, -0.05) is 20.3 Å². The molecular formula is C16H22N2OS. The fraction of sp³-hybridized carbons (Fsp3) is 0.562. The summed E-state index contributed by atoms with van der Waals surface area (Å²) in [5.74, 6) is 0.620. The maximum Gasteiger partial charge on any atom is 0.234 e. The molecule has 3 rings (SSSR count). The van der Waals surface area contributed by atoms with Gasteiger partial charge in [-0.05, 0) is 42.9 Å². The third-order valence-electron chi connectivity index (χ3n) is 4.19. The van der Waals surface area contributed by atoms with E-state index in [-0.39, 0.29) is 5.91 Å². The number of amides is 1. The van der Waals surface area contributed by atoms with Gasteiger partial charge in [-0.3, -0.25) is 4.79 Å². The maximum atomic E-state index is 11.5. The lowest BCUT2D eigenvalue weighted by molar-refractivity contribution is -0.113. The van der Waals surface area contributed by atoms with E-state index in [0.29, 0.717) is 17.2 Å². The van der Waals surface area contributed by atoms with Crippen LogP contribution in [-0.2, 0) is 4.79 Å². The van der Waals surface area contributed by atoms with Crippen molar-refractivity contribution >= 4 is 29.0 Å². The average molecular weight is 290 g/mol. The first-order chi connectivity index (χ1) is 9.52. The highest BCUT2D eigenvalue weighted by molar-refractivity contribution is 8.00. The second kappa shape index (κ2) is 5.32. The number of carbonyl (C=O) groups is 1. The van der Waals surface area contributed by atoms with Crippen LogP contribution in [0, 0.1) is 5.41 Å². The Labute approximate surface area is 124 Å². The van der Waals surface area contributed by atoms with Gasteiger partial charge in [0.2, 0.25) is 5.91 Å². The average Bonchev–Trinajstić information content (AvgIpc) is 2.37. The molecule has 0 bridgehead atoms. The van der Waals surface area contributed by atoms with Crippen LogP contribution < -0.4 is 10.6 Å². The zero-order valence-electron chi connectivity index (χ0n) is 12.2. The molecule has 1 aliphatic heterocycles. The molecule has 2 aliphatic rings. The van der Waals surface area contributed by atoms with Gasteiger partial charge in [-0.15, -0.1) is 11.8 Å². The van der Waals surface area contributed by atoms with Gasteiger partial charge in [0.05, 0.1) is 11.4 Å². The van der Waals surface area contributed by atoms with Gasteiger partial charge < -0.3 is 10.6 Å². The summed E-state index contributed by atoms with van der Waals surface area (Å²) < 4.78 is 0. The molecule has 1 heterocycles. The van der Waals surface area contributed by atoms with Crippen molar-refractivity contribution in [3.8, 4) is 0 Å². The van der Waals surface area contributed by atoms with Gasteiger partial charge in [-0.2, -0.15) is 0 Å². The Hall–Kier alpha value is -1.16. The summed E-state index contributed by atoms with van der Waals surface area (Å²) in [5.41, 5.74) is 2.51. The monoisotopic (exact) mass is 290 g/mol. The Bertz CT molecular complexity index is 527. The van der Waals surface area contributed by atoms with Gasteiger partial charge >= 0.3 is 0 Å². The van der Waals surface area contributed by atoms with Crippen molar-refractivity contribution in [1.82, 2.24) is 0 Å². The van der Waals surface area contributed by atoms with Crippen LogP contribution in [0.5, 0.6) is 0 Å². The van der Waals surface area contributed by atoms with Crippen LogP contribution in [0.1, 0.15) is 39.5 Å². The molecule has 0 radical (unpaired) electrons. The summed E-state index contributed by atoms with van der Waals surface area (Å²) in [6, 6.07) is 6.85. The molecule has 1 amide bonds. The fourth-order valence-corrected chi connectivity index (χ4v) is 4.02. The minimum Gasteiger partial charge on any atom is -0.382 e. The Morgan fingerprint density at radius 2 is 2.25 bits per heavy atom. The molecule has 0 spiro atoms. The molecule has 2 N–H and O–H groups in total. The molecule has 1 unspecified atom stereocenters. The second-order valence-corrected chi connectivity index (χ2v) is 7.67. The third-order valence-corrected chi connectivity index (χ3v) is 5.26. The van der Waals surface area contributed by atoms with E-state index >= 15 is 0 Å². The Morgan fingerprint density at radius 3 is 3.05 bits per heavy atom. The number of thioether (sulfide) groups is 1. The highest BCUT2D eigenvalue weighted by atomic mass is 32.2. The molecule has 1 saturated carbocycles. The SMILES string of the molecule is CC1(C)CCCC(Nc2ccc3c(c2)NC(=O)CS3)C1. The number of fused-ring (bicyclic) bond motifs is 1. The molecule has 0 aromatic heterocycles. The molecule has 1 fully saturated rings. The Balaban J connectivity index is 1.72. The smallest absolute Gasteiger partial charge is 0.234 e. The summed E-state index contributed by atoms with van der Waals surface area (Å²) >= 11 is 1.61.